The van der Waals surface area contributed by atoms with Gasteiger partial charge in [0.25, 0.3) is 0 Å². The monoisotopic (exact) mass is 393 g/mol. The summed E-state index contributed by atoms with van der Waals surface area (Å²) in [5.41, 5.74) is 0. The third kappa shape index (κ3) is 6.66. The Morgan fingerprint density at radius 1 is 1.11 bits per heavy atom. The lowest BCUT2D eigenvalue weighted by molar-refractivity contribution is -0.124. The van der Waals surface area contributed by atoms with Crippen molar-refractivity contribution in [3.63, 3.8) is 0 Å². The molecule has 0 aromatic heterocycles. The van der Waals surface area contributed by atoms with Crippen LogP contribution in [-0.4, -0.2) is 67.6 Å². The molecule has 150 valence electrons. The van der Waals surface area contributed by atoms with E-state index in [0.29, 0.717) is 25.1 Å². The van der Waals surface area contributed by atoms with E-state index in [2.05, 4.69) is 22.0 Å². The van der Waals surface area contributed by atoms with Crippen LogP contribution in [0.25, 0.3) is 0 Å². The molecule has 0 spiro atoms. The van der Waals surface area contributed by atoms with Gasteiger partial charge in [0, 0.05) is 43.8 Å². The Bertz CT molecular complexity index is 588. The Labute approximate surface area is 168 Å². The maximum Gasteiger partial charge on any atom is 0.234 e. The van der Waals surface area contributed by atoms with Gasteiger partial charge >= 0.3 is 0 Å². The van der Waals surface area contributed by atoms with Crippen LogP contribution < -0.4 is 10.1 Å². The van der Waals surface area contributed by atoms with Crippen molar-refractivity contribution in [3.05, 3.63) is 29.3 Å². The Balaban J connectivity index is 1.30. The lowest BCUT2D eigenvalue weighted by atomic mass is 9.86. The molecule has 1 heterocycles. The minimum absolute atomic E-state index is 0.188. The number of ether oxygens (including phenoxy) is 1. The average Bonchev–Trinajstić information content (AvgIpc) is 2.67. The summed E-state index contributed by atoms with van der Waals surface area (Å²) in [5.74, 6) is 1.65. The van der Waals surface area contributed by atoms with Crippen molar-refractivity contribution >= 4 is 17.5 Å². The van der Waals surface area contributed by atoms with Crippen molar-refractivity contribution in [2.24, 2.45) is 5.92 Å². The summed E-state index contributed by atoms with van der Waals surface area (Å²) in [5, 5.41) is 3.98. The van der Waals surface area contributed by atoms with Crippen LogP contribution in [0.2, 0.25) is 5.02 Å². The molecule has 2 fully saturated rings. The molecule has 1 aromatic carbocycles. The Kier molecular flexibility index (Phi) is 7.80. The number of hydrogen-bond acceptors (Lipinski definition) is 4. The first-order chi connectivity index (χ1) is 13.1. The van der Waals surface area contributed by atoms with Crippen LogP contribution in [-0.2, 0) is 4.79 Å². The molecule has 1 aliphatic carbocycles. The summed E-state index contributed by atoms with van der Waals surface area (Å²) in [7, 11) is 0. The van der Waals surface area contributed by atoms with E-state index in [1.807, 2.05) is 24.3 Å². The topological polar surface area (TPSA) is 44.8 Å². The fourth-order valence-electron chi connectivity index (χ4n) is 3.98. The van der Waals surface area contributed by atoms with E-state index >= 15 is 0 Å². The van der Waals surface area contributed by atoms with Gasteiger partial charge in [-0.25, -0.2) is 0 Å². The van der Waals surface area contributed by atoms with Gasteiger partial charge < -0.3 is 10.1 Å². The van der Waals surface area contributed by atoms with Crippen molar-refractivity contribution in [3.8, 4) is 5.75 Å². The summed E-state index contributed by atoms with van der Waals surface area (Å²) in [6, 6.07) is 7.85. The Hall–Kier alpha value is -1.30. The maximum atomic E-state index is 12.4. The lowest BCUT2D eigenvalue weighted by Gasteiger charge is -2.35. The predicted octanol–water partition coefficient (Wildman–Crippen LogP) is 3.03. The van der Waals surface area contributed by atoms with E-state index in [-0.39, 0.29) is 5.91 Å². The zero-order valence-electron chi connectivity index (χ0n) is 16.3. The standard InChI is InChI=1S/C21H32ClN3O2/c1-17-4-2-3-5-20(17)23-21(26)16-25-12-10-24(11-13-25)14-15-27-19-8-6-18(22)7-9-19/h6-9,17,20H,2-5,10-16H2,1H3,(H,23,26)/t17-,20-/m1/s1. The van der Waals surface area contributed by atoms with Crippen molar-refractivity contribution in [2.45, 2.75) is 38.6 Å². The molecule has 1 saturated heterocycles. The van der Waals surface area contributed by atoms with E-state index in [4.69, 9.17) is 16.3 Å². The minimum Gasteiger partial charge on any atom is -0.492 e. The van der Waals surface area contributed by atoms with Crippen LogP contribution in [0.5, 0.6) is 5.75 Å². The largest absolute Gasteiger partial charge is 0.492 e. The fraction of sp³-hybridized carbons (Fsp3) is 0.667. The molecule has 1 saturated carbocycles. The number of nitrogens with one attached hydrogen (secondary N) is 1. The molecule has 0 bridgehead atoms. The highest BCUT2D eigenvalue weighted by atomic mass is 35.5. The molecule has 1 amide bonds. The van der Waals surface area contributed by atoms with Gasteiger partial charge in [-0.2, -0.15) is 0 Å². The second kappa shape index (κ2) is 10.3. The highest BCUT2D eigenvalue weighted by Gasteiger charge is 2.24. The Morgan fingerprint density at radius 3 is 2.48 bits per heavy atom. The summed E-state index contributed by atoms with van der Waals surface area (Å²) in [6.45, 7) is 8.20. The van der Waals surface area contributed by atoms with E-state index in [9.17, 15) is 4.79 Å². The number of rotatable bonds is 7. The van der Waals surface area contributed by atoms with Crippen molar-refractivity contribution in [2.75, 3.05) is 45.9 Å². The predicted molar refractivity (Wildman–Crippen MR) is 109 cm³/mol. The van der Waals surface area contributed by atoms with Gasteiger partial charge in [0.05, 0.1) is 6.54 Å². The van der Waals surface area contributed by atoms with E-state index < -0.39 is 0 Å². The maximum absolute atomic E-state index is 12.4. The van der Waals surface area contributed by atoms with Crippen LogP contribution in [0, 0.1) is 5.92 Å². The Morgan fingerprint density at radius 2 is 1.78 bits per heavy atom. The number of piperazine rings is 1. The number of hydrogen-bond donors (Lipinski definition) is 1. The molecule has 3 rings (SSSR count). The molecule has 27 heavy (non-hydrogen) atoms. The van der Waals surface area contributed by atoms with Gasteiger partial charge in [0.1, 0.15) is 12.4 Å². The number of carbonyl (C=O) groups excluding carboxylic acids is 1. The average molecular weight is 394 g/mol. The normalized spacial score (nSPS) is 24.5. The zero-order chi connectivity index (χ0) is 19.1. The quantitative estimate of drug-likeness (QED) is 0.773. The molecule has 1 N–H and O–H groups in total. The van der Waals surface area contributed by atoms with Gasteiger partial charge in [-0.15, -0.1) is 0 Å². The first-order valence-electron chi connectivity index (χ1n) is 10.2. The molecular formula is C21H32ClN3O2. The molecule has 2 aliphatic rings. The van der Waals surface area contributed by atoms with Gasteiger partial charge in [-0.1, -0.05) is 31.4 Å². The zero-order valence-corrected chi connectivity index (χ0v) is 17.1. The van der Waals surface area contributed by atoms with Crippen molar-refractivity contribution in [1.29, 1.82) is 0 Å². The number of nitrogens with zero attached hydrogens (tertiary/aromatic N) is 2. The van der Waals surface area contributed by atoms with Crippen LogP contribution in [0.1, 0.15) is 32.6 Å². The molecule has 1 aliphatic heterocycles. The first kappa shape index (κ1) is 20.4. The van der Waals surface area contributed by atoms with Crippen molar-refractivity contribution < 1.29 is 9.53 Å². The third-order valence-corrected chi connectivity index (χ3v) is 6.03. The van der Waals surface area contributed by atoms with Crippen LogP contribution in [0.4, 0.5) is 0 Å². The number of carbonyl (C=O) groups is 1. The second-order valence-electron chi connectivity index (χ2n) is 7.86. The first-order valence-corrected chi connectivity index (χ1v) is 10.6. The number of benzene rings is 1. The van der Waals surface area contributed by atoms with E-state index in [0.717, 1.165) is 49.9 Å². The van der Waals surface area contributed by atoms with Crippen LogP contribution >= 0.6 is 11.6 Å². The molecule has 2 atom stereocenters. The van der Waals surface area contributed by atoms with Gasteiger partial charge in [0.2, 0.25) is 5.91 Å². The summed E-state index contributed by atoms with van der Waals surface area (Å²) < 4.78 is 5.77. The second-order valence-corrected chi connectivity index (χ2v) is 8.29. The van der Waals surface area contributed by atoms with E-state index in [1.165, 1.54) is 19.3 Å². The summed E-state index contributed by atoms with van der Waals surface area (Å²) >= 11 is 5.88. The lowest BCUT2D eigenvalue weighted by Crippen LogP contribution is -2.51. The van der Waals surface area contributed by atoms with Crippen LogP contribution in [0.3, 0.4) is 0 Å². The summed E-state index contributed by atoms with van der Waals surface area (Å²) in [4.78, 5) is 17.0. The molecule has 0 unspecified atom stereocenters. The third-order valence-electron chi connectivity index (χ3n) is 5.78. The number of amides is 1. The molecule has 1 aromatic rings. The van der Waals surface area contributed by atoms with Gasteiger partial charge in [0.15, 0.2) is 0 Å². The fourth-order valence-corrected chi connectivity index (χ4v) is 4.11. The summed E-state index contributed by atoms with van der Waals surface area (Å²) in [6.07, 6.45) is 4.92. The van der Waals surface area contributed by atoms with Crippen molar-refractivity contribution in [1.82, 2.24) is 15.1 Å². The molecular weight excluding hydrogens is 362 g/mol. The smallest absolute Gasteiger partial charge is 0.234 e. The van der Waals surface area contributed by atoms with Gasteiger partial charge in [-0.3, -0.25) is 14.6 Å². The molecule has 6 heteroatoms. The minimum atomic E-state index is 0.188. The number of halogens is 1. The highest BCUT2D eigenvalue weighted by molar-refractivity contribution is 6.30. The SMILES string of the molecule is C[C@@H]1CCCC[C@H]1NC(=O)CN1CCN(CCOc2ccc(Cl)cc2)CC1. The highest BCUT2D eigenvalue weighted by Crippen LogP contribution is 2.23. The van der Waals surface area contributed by atoms with Gasteiger partial charge in [-0.05, 0) is 43.0 Å². The van der Waals surface area contributed by atoms with Crippen LogP contribution in [0.15, 0.2) is 24.3 Å². The molecule has 0 radical (unpaired) electrons. The van der Waals surface area contributed by atoms with E-state index in [1.54, 1.807) is 0 Å². The molecule has 5 nitrogen and oxygen atoms in total.